The summed E-state index contributed by atoms with van der Waals surface area (Å²) in [4.78, 5) is 24.9. The van der Waals surface area contributed by atoms with E-state index in [-0.39, 0.29) is 16.9 Å². The quantitative estimate of drug-likeness (QED) is 0.590. The van der Waals surface area contributed by atoms with Crippen LogP contribution in [0.5, 0.6) is 11.5 Å². The van der Waals surface area contributed by atoms with Gasteiger partial charge in [0, 0.05) is 10.6 Å². The minimum Gasteiger partial charge on any atom is -0.497 e. The Kier molecular flexibility index (Phi) is 5.61. The fourth-order valence-electron chi connectivity index (χ4n) is 2.73. The van der Waals surface area contributed by atoms with Crippen molar-refractivity contribution >= 4 is 28.5 Å². The number of aryl methyl sites for hydroxylation is 1. The summed E-state index contributed by atoms with van der Waals surface area (Å²) in [7, 11) is 2.81. The van der Waals surface area contributed by atoms with Gasteiger partial charge in [-0.1, -0.05) is 11.6 Å². The van der Waals surface area contributed by atoms with E-state index in [1.807, 2.05) is 6.92 Å². The molecule has 0 aliphatic rings. The van der Waals surface area contributed by atoms with Gasteiger partial charge in [-0.2, -0.15) is 0 Å². The number of hydrogen-bond acceptors (Lipinski definition) is 6. The summed E-state index contributed by atoms with van der Waals surface area (Å²) in [5.74, 6) is 0.162. The van der Waals surface area contributed by atoms with E-state index in [9.17, 15) is 9.59 Å². The molecule has 0 saturated carbocycles. The predicted octanol–water partition coefficient (Wildman–Crippen LogP) is 4.37. The predicted molar refractivity (Wildman–Crippen MR) is 106 cm³/mol. The van der Waals surface area contributed by atoms with Crippen LogP contribution in [-0.4, -0.2) is 26.3 Å². The molecule has 0 saturated heterocycles. The first kappa shape index (κ1) is 19.8. The molecule has 1 unspecified atom stereocenters. The zero-order chi connectivity index (χ0) is 20.4. The Hall–Kier alpha value is -2.99. The van der Waals surface area contributed by atoms with E-state index in [2.05, 4.69) is 4.74 Å². The van der Waals surface area contributed by atoms with Gasteiger partial charge in [0.1, 0.15) is 11.3 Å². The van der Waals surface area contributed by atoms with E-state index in [1.165, 1.54) is 20.1 Å². The third-order valence-electron chi connectivity index (χ3n) is 4.31. The molecule has 0 aliphatic carbocycles. The maximum absolute atomic E-state index is 13.1. The highest BCUT2D eigenvalue weighted by Gasteiger charge is 2.23. The van der Waals surface area contributed by atoms with Crippen LogP contribution >= 0.6 is 11.6 Å². The number of rotatable bonds is 5. The molecule has 0 radical (unpaired) electrons. The first-order valence-electron chi connectivity index (χ1n) is 8.51. The van der Waals surface area contributed by atoms with Gasteiger partial charge in [0.25, 0.3) is 0 Å². The van der Waals surface area contributed by atoms with Crippen LogP contribution in [0.2, 0.25) is 5.02 Å². The highest BCUT2D eigenvalue weighted by Crippen LogP contribution is 2.34. The number of benzene rings is 2. The second-order valence-electron chi connectivity index (χ2n) is 6.20. The zero-order valence-corrected chi connectivity index (χ0v) is 16.6. The van der Waals surface area contributed by atoms with E-state index >= 15 is 0 Å². The van der Waals surface area contributed by atoms with Crippen molar-refractivity contribution in [2.75, 3.05) is 14.2 Å². The number of carbonyl (C=O) groups excluding carboxylic acids is 1. The molecule has 6 nitrogen and oxygen atoms in total. The summed E-state index contributed by atoms with van der Waals surface area (Å²) >= 11 is 6.17. The molecule has 0 bridgehead atoms. The minimum absolute atomic E-state index is 0.0875. The average molecular weight is 403 g/mol. The molecule has 2 aromatic carbocycles. The molecular formula is C21H19ClO6. The van der Waals surface area contributed by atoms with Crippen LogP contribution in [0.3, 0.4) is 0 Å². The van der Waals surface area contributed by atoms with Gasteiger partial charge in [-0.15, -0.1) is 0 Å². The summed E-state index contributed by atoms with van der Waals surface area (Å²) in [6.07, 6.45) is -0.997. The van der Waals surface area contributed by atoms with Crippen molar-refractivity contribution in [2.45, 2.75) is 20.0 Å². The molecule has 146 valence electrons. The van der Waals surface area contributed by atoms with E-state index in [0.717, 1.165) is 5.56 Å². The van der Waals surface area contributed by atoms with Crippen LogP contribution < -0.4 is 14.9 Å². The Morgan fingerprint density at radius 1 is 1.14 bits per heavy atom. The van der Waals surface area contributed by atoms with E-state index in [1.54, 1.807) is 37.4 Å². The highest BCUT2D eigenvalue weighted by atomic mass is 35.5. The number of fused-ring (bicyclic) bond motifs is 1. The lowest BCUT2D eigenvalue weighted by Gasteiger charge is -2.16. The molecule has 1 aromatic heterocycles. The van der Waals surface area contributed by atoms with Crippen LogP contribution in [0, 0.1) is 6.92 Å². The Balaban J connectivity index is 2.25. The van der Waals surface area contributed by atoms with Crippen LogP contribution in [-0.2, 0) is 9.53 Å². The molecule has 1 atom stereocenters. The van der Waals surface area contributed by atoms with Gasteiger partial charge < -0.3 is 18.6 Å². The molecule has 3 rings (SSSR count). The zero-order valence-electron chi connectivity index (χ0n) is 15.9. The summed E-state index contributed by atoms with van der Waals surface area (Å²) < 4.78 is 21.5. The first-order chi connectivity index (χ1) is 13.3. The third-order valence-corrected chi connectivity index (χ3v) is 4.72. The van der Waals surface area contributed by atoms with Crippen LogP contribution in [0.15, 0.2) is 45.6 Å². The Labute approximate surface area is 166 Å². The van der Waals surface area contributed by atoms with Gasteiger partial charge in [0.05, 0.1) is 19.6 Å². The number of hydrogen-bond donors (Lipinski definition) is 0. The van der Waals surface area contributed by atoms with E-state index in [0.29, 0.717) is 21.9 Å². The summed E-state index contributed by atoms with van der Waals surface area (Å²) in [5, 5.41) is 0.698. The lowest BCUT2D eigenvalue weighted by molar-refractivity contribution is -0.147. The van der Waals surface area contributed by atoms with Gasteiger partial charge in [-0.25, -0.2) is 4.79 Å². The molecule has 0 aliphatic heterocycles. The van der Waals surface area contributed by atoms with Crippen molar-refractivity contribution in [1.82, 2.24) is 0 Å². The largest absolute Gasteiger partial charge is 0.497 e. The maximum atomic E-state index is 13.1. The second-order valence-corrected chi connectivity index (χ2v) is 6.61. The smallest absolute Gasteiger partial charge is 0.346 e. The number of esters is 1. The van der Waals surface area contributed by atoms with Gasteiger partial charge >= 0.3 is 5.97 Å². The lowest BCUT2D eigenvalue weighted by Crippen LogP contribution is -2.27. The Morgan fingerprint density at radius 2 is 1.82 bits per heavy atom. The van der Waals surface area contributed by atoms with Crippen LogP contribution in [0.4, 0.5) is 0 Å². The second kappa shape index (κ2) is 7.94. The Morgan fingerprint density at radius 3 is 2.43 bits per heavy atom. The van der Waals surface area contributed by atoms with E-state index in [4.69, 9.17) is 25.5 Å². The number of methoxy groups -OCH3 is 2. The standard InChI is InChI=1S/C21H19ClO6/c1-11-9-17-15(10-16(11)22)18(23)20(27-12(2)21(24)26-4)19(28-17)13-5-7-14(25-3)8-6-13/h5-10,12H,1-4H3. The van der Waals surface area contributed by atoms with Crippen molar-refractivity contribution in [3.63, 3.8) is 0 Å². The topological polar surface area (TPSA) is 75.0 Å². The van der Waals surface area contributed by atoms with Crippen LogP contribution in [0.25, 0.3) is 22.3 Å². The number of carbonyl (C=O) groups is 1. The molecule has 1 heterocycles. The summed E-state index contributed by atoms with van der Waals surface area (Å²) in [6, 6.07) is 10.2. The molecule has 7 heteroatoms. The SMILES string of the molecule is COC(=O)C(C)Oc1c(-c2ccc(OC)cc2)oc2cc(C)c(Cl)cc2c1=O. The fraction of sp³-hybridized carbons (Fsp3) is 0.238. The van der Waals surface area contributed by atoms with E-state index < -0.39 is 17.5 Å². The van der Waals surface area contributed by atoms with Gasteiger partial charge in [0.2, 0.25) is 11.2 Å². The van der Waals surface area contributed by atoms with Crippen molar-refractivity contribution in [3.05, 3.63) is 57.2 Å². The lowest BCUT2D eigenvalue weighted by atomic mass is 10.1. The fourth-order valence-corrected chi connectivity index (χ4v) is 2.89. The normalized spacial score (nSPS) is 11.9. The molecule has 0 spiro atoms. The van der Waals surface area contributed by atoms with Gasteiger partial charge in [0.15, 0.2) is 11.9 Å². The maximum Gasteiger partial charge on any atom is 0.346 e. The van der Waals surface area contributed by atoms with Gasteiger partial charge in [-0.3, -0.25) is 4.79 Å². The molecule has 0 N–H and O–H groups in total. The van der Waals surface area contributed by atoms with Crippen molar-refractivity contribution in [2.24, 2.45) is 0 Å². The van der Waals surface area contributed by atoms with Crippen LogP contribution in [0.1, 0.15) is 12.5 Å². The highest BCUT2D eigenvalue weighted by molar-refractivity contribution is 6.32. The molecular weight excluding hydrogens is 384 g/mol. The first-order valence-corrected chi connectivity index (χ1v) is 8.89. The number of ether oxygens (including phenoxy) is 3. The monoisotopic (exact) mass is 402 g/mol. The molecule has 0 amide bonds. The Bertz CT molecular complexity index is 1080. The minimum atomic E-state index is -0.997. The third kappa shape index (κ3) is 3.68. The molecule has 28 heavy (non-hydrogen) atoms. The summed E-state index contributed by atoms with van der Waals surface area (Å²) in [5.41, 5.74) is 1.31. The number of halogens is 1. The molecule has 0 fully saturated rings. The van der Waals surface area contributed by atoms with Crippen molar-refractivity contribution < 1.29 is 23.4 Å². The average Bonchev–Trinajstić information content (AvgIpc) is 2.70. The van der Waals surface area contributed by atoms with Gasteiger partial charge in [-0.05, 0) is 55.8 Å². The molecule has 3 aromatic rings. The van der Waals surface area contributed by atoms with Crippen molar-refractivity contribution in [3.8, 4) is 22.8 Å². The summed E-state index contributed by atoms with van der Waals surface area (Å²) in [6.45, 7) is 3.31. The van der Waals surface area contributed by atoms with Crippen molar-refractivity contribution in [1.29, 1.82) is 0 Å².